The molecule has 3 heterocycles. The number of hydrogen-bond acceptors (Lipinski definition) is 5. The second-order valence-electron chi connectivity index (χ2n) is 6.37. The number of nitrogens with one attached hydrogen (secondary N) is 1. The predicted molar refractivity (Wildman–Crippen MR) is 106 cm³/mol. The van der Waals surface area contributed by atoms with Gasteiger partial charge in [-0.3, -0.25) is 4.98 Å². The lowest BCUT2D eigenvalue weighted by Gasteiger charge is -2.14. The van der Waals surface area contributed by atoms with Crippen molar-refractivity contribution in [2.75, 3.05) is 5.32 Å². The smallest absolute Gasteiger partial charge is 0.130 e. The molecule has 4 rings (SSSR count). The van der Waals surface area contributed by atoms with Crippen LogP contribution in [0.25, 0.3) is 17.1 Å². The van der Waals surface area contributed by atoms with Crippen molar-refractivity contribution in [2.45, 2.75) is 20.4 Å². The molecule has 1 N–H and O–H groups in total. The maximum Gasteiger partial charge on any atom is 0.130 e. The monoisotopic (exact) mass is 374 g/mol. The zero-order chi connectivity index (χ0) is 19.5. The number of rotatable bonds is 5. The summed E-state index contributed by atoms with van der Waals surface area (Å²) in [5.74, 6) is 1.84. The molecule has 28 heavy (non-hydrogen) atoms. The van der Waals surface area contributed by atoms with E-state index in [4.69, 9.17) is 0 Å². The van der Waals surface area contributed by atoms with Gasteiger partial charge in [-0.05, 0) is 49.7 Å². The molecule has 7 heteroatoms. The van der Waals surface area contributed by atoms with Gasteiger partial charge in [-0.25, -0.2) is 19.3 Å². The maximum atomic E-state index is 13.9. The van der Waals surface area contributed by atoms with Crippen LogP contribution in [0.3, 0.4) is 0 Å². The van der Waals surface area contributed by atoms with Gasteiger partial charge in [0.2, 0.25) is 0 Å². The van der Waals surface area contributed by atoms with Crippen LogP contribution in [0.5, 0.6) is 0 Å². The van der Waals surface area contributed by atoms with Crippen molar-refractivity contribution in [3.63, 3.8) is 0 Å². The summed E-state index contributed by atoms with van der Waals surface area (Å²) in [6.45, 7) is 4.15. The molecule has 140 valence electrons. The van der Waals surface area contributed by atoms with Crippen molar-refractivity contribution in [3.8, 4) is 17.1 Å². The second-order valence-corrected chi connectivity index (χ2v) is 6.37. The highest BCUT2D eigenvalue weighted by molar-refractivity contribution is 5.58. The average Bonchev–Trinajstić information content (AvgIpc) is 3.12. The van der Waals surface area contributed by atoms with E-state index in [2.05, 4.69) is 25.3 Å². The molecular weight excluding hydrogens is 355 g/mol. The Morgan fingerprint density at radius 2 is 1.86 bits per heavy atom. The summed E-state index contributed by atoms with van der Waals surface area (Å²) >= 11 is 0. The fourth-order valence-corrected chi connectivity index (χ4v) is 3.05. The maximum absolute atomic E-state index is 13.9. The number of anilines is 1. The molecule has 0 unspecified atom stereocenters. The van der Waals surface area contributed by atoms with Crippen LogP contribution in [0.2, 0.25) is 0 Å². The highest BCUT2D eigenvalue weighted by atomic mass is 19.1. The van der Waals surface area contributed by atoms with Gasteiger partial charge in [-0.15, -0.1) is 0 Å². The van der Waals surface area contributed by atoms with Gasteiger partial charge < -0.3 is 9.88 Å². The van der Waals surface area contributed by atoms with Gasteiger partial charge in [0.15, 0.2) is 0 Å². The Bertz CT molecular complexity index is 1110. The molecule has 4 aromatic rings. The Balaban J connectivity index is 1.63. The minimum absolute atomic E-state index is 0.286. The molecule has 0 aliphatic carbocycles. The van der Waals surface area contributed by atoms with Crippen LogP contribution in [0.4, 0.5) is 10.2 Å². The molecule has 1 aromatic carbocycles. The first kappa shape index (κ1) is 17.8. The highest BCUT2D eigenvalue weighted by Gasteiger charge is 2.10. The summed E-state index contributed by atoms with van der Waals surface area (Å²) in [5, 5.41) is 3.28. The summed E-state index contributed by atoms with van der Waals surface area (Å²) in [4.78, 5) is 17.5. The summed E-state index contributed by atoms with van der Waals surface area (Å²) in [6.07, 6.45) is 5.31. The molecule has 0 saturated heterocycles. The fraction of sp³-hybridized carbons (Fsp3) is 0.143. The summed E-state index contributed by atoms with van der Waals surface area (Å²) < 4.78 is 15.8. The number of benzene rings is 1. The molecule has 0 spiro atoms. The minimum atomic E-state index is -0.286. The van der Waals surface area contributed by atoms with Crippen LogP contribution in [-0.2, 0) is 6.54 Å². The van der Waals surface area contributed by atoms with E-state index in [1.165, 1.54) is 12.1 Å². The van der Waals surface area contributed by atoms with Crippen LogP contribution in [-0.4, -0.2) is 24.5 Å². The van der Waals surface area contributed by atoms with Crippen LogP contribution < -0.4 is 5.32 Å². The highest BCUT2D eigenvalue weighted by Crippen LogP contribution is 2.21. The number of aryl methyl sites for hydroxylation is 2. The van der Waals surface area contributed by atoms with Gasteiger partial charge in [-0.1, -0.05) is 6.07 Å². The molecule has 0 saturated carbocycles. The number of imidazole rings is 1. The third kappa shape index (κ3) is 3.73. The summed E-state index contributed by atoms with van der Waals surface area (Å²) in [6, 6.07) is 12.3. The first-order valence-corrected chi connectivity index (χ1v) is 8.90. The van der Waals surface area contributed by atoms with Gasteiger partial charge in [0.25, 0.3) is 0 Å². The van der Waals surface area contributed by atoms with Gasteiger partial charge >= 0.3 is 0 Å². The minimum Gasteiger partial charge on any atom is -0.366 e. The molecule has 0 atom stereocenters. The van der Waals surface area contributed by atoms with E-state index < -0.39 is 0 Å². The van der Waals surface area contributed by atoms with E-state index in [0.717, 1.165) is 28.5 Å². The van der Waals surface area contributed by atoms with Crippen molar-refractivity contribution in [1.29, 1.82) is 0 Å². The van der Waals surface area contributed by atoms with E-state index in [0.29, 0.717) is 18.2 Å². The Hall–Kier alpha value is -3.61. The number of hydrogen-bond donors (Lipinski definition) is 1. The first-order valence-electron chi connectivity index (χ1n) is 8.90. The Labute approximate surface area is 162 Å². The molecule has 6 nitrogen and oxygen atoms in total. The van der Waals surface area contributed by atoms with Crippen LogP contribution in [0.1, 0.15) is 17.2 Å². The molecule has 0 bridgehead atoms. The lowest BCUT2D eigenvalue weighted by molar-refractivity contribution is 0.625. The van der Waals surface area contributed by atoms with E-state index in [1.54, 1.807) is 18.5 Å². The van der Waals surface area contributed by atoms with E-state index >= 15 is 0 Å². The SMILES string of the molecule is Cc1nc(NCc2cc(F)ccc2-n2ccnc2C)cc(-c2ccccn2)n1. The van der Waals surface area contributed by atoms with Gasteiger partial charge in [0.05, 0.1) is 17.1 Å². The standard InChI is InChI=1S/C21H19FN6/c1-14-26-19(18-5-3-4-8-24-18)12-21(27-14)25-13-16-11-17(22)6-7-20(16)28-10-9-23-15(28)2/h3-12H,13H2,1-2H3,(H,25,26,27). The zero-order valence-electron chi connectivity index (χ0n) is 15.6. The molecular formula is C21H19FN6. The molecule has 0 aliphatic heterocycles. The zero-order valence-corrected chi connectivity index (χ0v) is 15.6. The molecule has 0 fully saturated rings. The van der Waals surface area contributed by atoms with Crippen molar-refractivity contribution in [3.05, 3.63) is 84.1 Å². The number of halogens is 1. The molecule has 0 radical (unpaired) electrons. The van der Waals surface area contributed by atoms with Gasteiger partial charge in [0.1, 0.15) is 23.3 Å². The van der Waals surface area contributed by atoms with Crippen LogP contribution in [0.15, 0.2) is 61.1 Å². The predicted octanol–water partition coefficient (Wildman–Crippen LogP) is 4.09. The third-order valence-corrected chi connectivity index (χ3v) is 4.35. The van der Waals surface area contributed by atoms with Crippen molar-refractivity contribution < 1.29 is 4.39 Å². The Morgan fingerprint density at radius 3 is 2.61 bits per heavy atom. The van der Waals surface area contributed by atoms with Gasteiger partial charge in [-0.2, -0.15) is 0 Å². The van der Waals surface area contributed by atoms with E-state index in [9.17, 15) is 4.39 Å². The van der Waals surface area contributed by atoms with Crippen molar-refractivity contribution >= 4 is 5.82 Å². The Kier molecular flexibility index (Phi) is 4.80. The lowest BCUT2D eigenvalue weighted by atomic mass is 10.1. The third-order valence-electron chi connectivity index (χ3n) is 4.35. The summed E-state index contributed by atoms with van der Waals surface area (Å²) in [5.41, 5.74) is 3.19. The number of nitrogens with zero attached hydrogens (tertiary/aromatic N) is 5. The normalized spacial score (nSPS) is 10.8. The van der Waals surface area contributed by atoms with Crippen molar-refractivity contribution in [2.24, 2.45) is 0 Å². The quantitative estimate of drug-likeness (QED) is 0.570. The van der Waals surface area contributed by atoms with E-state index in [1.807, 2.05) is 48.9 Å². The van der Waals surface area contributed by atoms with Crippen LogP contribution >= 0.6 is 0 Å². The molecule has 3 aromatic heterocycles. The second kappa shape index (κ2) is 7.56. The largest absolute Gasteiger partial charge is 0.366 e. The topological polar surface area (TPSA) is 68.5 Å². The van der Waals surface area contributed by atoms with E-state index in [-0.39, 0.29) is 5.82 Å². The molecule has 0 amide bonds. The van der Waals surface area contributed by atoms with Crippen molar-refractivity contribution in [1.82, 2.24) is 24.5 Å². The fourth-order valence-electron chi connectivity index (χ4n) is 3.05. The van der Waals surface area contributed by atoms with Gasteiger partial charge in [0, 0.05) is 31.2 Å². The number of pyridine rings is 1. The lowest BCUT2D eigenvalue weighted by Crippen LogP contribution is -2.08. The number of aromatic nitrogens is 5. The average molecular weight is 374 g/mol. The summed E-state index contributed by atoms with van der Waals surface area (Å²) in [7, 11) is 0. The van der Waals surface area contributed by atoms with Crippen LogP contribution in [0, 0.1) is 19.7 Å². The molecule has 0 aliphatic rings. The Morgan fingerprint density at radius 1 is 0.964 bits per heavy atom. The first-order chi connectivity index (χ1) is 13.6.